The molecule has 0 radical (unpaired) electrons. The van der Waals surface area contributed by atoms with E-state index >= 15 is 0 Å². The van der Waals surface area contributed by atoms with Crippen LogP contribution in [0.4, 0.5) is 0 Å². The first kappa shape index (κ1) is 14.5. The highest BCUT2D eigenvalue weighted by atomic mass is 16.5. The number of carbonyl (C=O) groups excluding carboxylic acids is 2. The largest absolute Gasteiger partial charge is 0.467 e. The van der Waals surface area contributed by atoms with Crippen LogP contribution in [-0.4, -0.2) is 32.2 Å². The first-order chi connectivity index (χ1) is 9.72. The van der Waals surface area contributed by atoms with Crippen molar-refractivity contribution in [2.45, 2.75) is 18.9 Å². The first-order valence-corrected chi connectivity index (χ1v) is 6.73. The fourth-order valence-electron chi connectivity index (χ4n) is 2.25. The molecule has 1 fully saturated rings. The number of nitrogens with one attached hydrogen (secondary N) is 1. The number of esters is 1. The molecule has 0 spiro atoms. The van der Waals surface area contributed by atoms with Crippen LogP contribution in [0, 0.1) is 5.92 Å². The van der Waals surface area contributed by atoms with Crippen LogP contribution in [0.3, 0.4) is 0 Å². The third-order valence-electron chi connectivity index (χ3n) is 3.39. The molecule has 20 heavy (non-hydrogen) atoms. The molecule has 1 aromatic rings. The number of hydrogen-bond donors (Lipinski definition) is 1. The van der Waals surface area contributed by atoms with Crippen molar-refractivity contribution in [1.82, 2.24) is 5.32 Å². The van der Waals surface area contributed by atoms with E-state index in [-0.39, 0.29) is 11.8 Å². The third-order valence-corrected chi connectivity index (χ3v) is 3.39. The summed E-state index contributed by atoms with van der Waals surface area (Å²) in [5, 5.41) is 2.76. The number of benzene rings is 1. The number of carbonyl (C=O) groups is 2. The topological polar surface area (TPSA) is 64.6 Å². The minimum absolute atomic E-state index is 0.163. The molecular formula is C15H19NO4. The van der Waals surface area contributed by atoms with Gasteiger partial charge in [-0.1, -0.05) is 30.3 Å². The lowest BCUT2D eigenvalue weighted by Gasteiger charge is -2.24. The summed E-state index contributed by atoms with van der Waals surface area (Å²) in [6.07, 6.45) is 1.65. The normalized spacial score (nSPS) is 19.9. The molecule has 1 heterocycles. The zero-order valence-electron chi connectivity index (χ0n) is 11.5. The molecule has 1 saturated heterocycles. The van der Waals surface area contributed by atoms with E-state index in [4.69, 9.17) is 9.47 Å². The van der Waals surface area contributed by atoms with Crippen LogP contribution >= 0.6 is 0 Å². The molecule has 2 atom stereocenters. The maximum atomic E-state index is 12.2. The minimum Gasteiger partial charge on any atom is -0.467 e. The summed E-state index contributed by atoms with van der Waals surface area (Å²) in [6.45, 7) is 1.11. The van der Waals surface area contributed by atoms with Crippen LogP contribution in [-0.2, 0) is 19.1 Å². The molecule has 1 amide bonds. The van der Waals surface area contributed by atoms with Crippen LogP contribution in [0.5, 0.6) is 0 Å². The van der Waals surface area contributed by atoms with E-state index in [1.807, 2.05) is 18.2 Å². The number of methoxy groups -OCH3 is 1. The highest BCUT2D eigenvalue weighted by Gasteiger charge is 2.28. The van der Waals surface area contributed by atoms with E-state index in [9.17, 15) is 9.59 Å². The Hall–Kier alpha value is -1.88. The zero-order valence-corrected chi connectivity index (χ0v) is 11.5. The van der Waals surface area contributed by atoms with Gasteiger partial charge in [0.05, 0.1) is 19.6 Å². The van der Waals surface area contributed by atoms with Crippen molar-refractivity contribution in [3.8, 4) is 0 Å². The SMILES string of the molecule is COC(=O)C(NC(=O)C1CCCOC1)c1ccccc1. The molecule has 2 rings (SSSR count). The van der Waals surface area contributed by atoms with Crippen molar-refractivity contribution in [3.05, 3.63) is 35.9 Å². The van der Waals surface area contributed by atoms with Gasteiger partial charge in [0.25, 0.3) is 0 Å². The molecule has 5 heteroatoms. The van der Waals surface area contributed by atoms with Crippen LogP contribution in [0.25, 0.3) is 0 Å². The standard InChI is InChI=1S/C15H19NO4/c1-19-15(18)13(11-6-3-2-4-7-11)16-14(17)12-8-5-9-20-10-12/h2-4,6-7,12-13H,5,8-10H2,1H3,(H,16,17). The molecule has 108 valence electrons. The van der Waals surface area contributed by atoms with Gasteiger partial charge in [-0.05, 0) is 18.4 Å². The average Bonchev–Trinajstić information content (AvgIpc) is 2.53. The van der Waals surface area contributed by atoms with Gasteiger partial charge in [0.15, 0.2) is 6.04 Å². The smallest absolute Gasteiger partial charge is 0.333 e. The van der Waals surface area contributed by atoms with Gasteiger partial charge in [-0.25, -0.2) is 4.79 Å². The minimum atomic E-state index is -0.768. The third kappa shape index (κ3) is 3.57. The lowest BCUT2D eigenvalue weighted by atomic mass is 10.00. The van der Waals surface area contributed by atoms with Crippen molar-refractivity contribution < 1.29 is 19.1 Å². The summed E-state index contributed by atoms with van der Waals surface area (Å²) in [4.78, 5) is 24.1. The maximum absolute atomic E-state index is 12.2. The summed E-state index contributed by atoms with van der Waals surface area (Å²) in [7, 11) is 1.31. The second kappa shape index (κ2) is 7.05. The van der Waals surface area contributed by atoms with Gasteiger partial charge in [-0.3, -0.25) is 4.79 Å². The monoisotopic (exact) mass is 277 g/mol. The number of hydrogen-bond acceptors (Lipinski definition) is 4. The van der Waals surface area contributed by atoms with Gasteiger partial charge >= 0.3 is 5.97 Å². The molecule has 0 aromatic heterocycles. The van der Waals surface area contributed by atoms with Gasteiger partial charge < -0.3 is 14.8 Å². The summed E-state index contributed by atoms with van der Waals surface area (Å²) >= 11 is 0. The lowest BCUT2D eigenvalue weighted by molar-refractivity contribution is -0.146. The van der Waals surface area contributed by atoms with Crippen LogP contribution in [0.1, 0.15) is 24.4 Å². The predicted molar refractivity (Wildman–Crippen MR) is 72.9 cm³/mol. The Bertz CT molecular complexity index is 454. The Morgan fingerprint density at radius 1 is 1.35 bits per heavy atom. The molecule has 5 nitrogen and oxygen atoms in total. The molecule has 1 aliphatic heterocycles. The molecular weight excluding hydrogens is 258 g/mol. The highest BCUT2D eigenvalue weighted by Crippen LogP contribution is 2.18. The van der Waals surface area contributed by atoms with E-state index in [2.05, 4.69) is 5.32 Å². The van der Waals surface area contributed by atoms with Crippen LogP contribution in [0.15, 0.2) is 30.3 Å². The Balaban J connectivity index is 2.08. The Labute approximate surface area is 118 Å². The Morgan fingerprint density at radius 2 is 2.10 bits per heavy atom. The highest BCUT2D eigenvalue weighted by molar-refractivity contribution is 5.86. The number of rotatable bonds is 4. The van der Waals surface area contributed by atoms with Crippen molar-refractivity contribution in [1.29, 1.82) is 0 Å². The molecule has 0 aliphatic carbocycles. The van der Waals surface area contributed by atoms with Crippen molar-refractivity contribution in [2.24, 2.45) is 5.92 Å². The van der Waals surface area contributed by atoms with E-state index in [0.717, 1.165) is 12.8 Å². The quantitative estimate of drug-likeness (QED) is 0.846. The van der Waals surface area contributed by atoms with Crippen molar-refractivity contribution >= 4 is 11.9 Å². The number of ether oxygens (including phenoxy) is 2. The zero-order chi connectivity index (χ0) is 14.4. The summed E-state index contributed by atoms with van der Waals surface area (Å²) < 4.78 is 10.1. The van der Waals surface area contributed by atoms with Crippen LogP contribution in [0.2, 0.25) is 0 Å². The Morgan fingerprint density at radius 3 is 2.70 bits per heavy atom. The summed E-state index contributed by atoms with van der Waals surface area (Å²) in [5.41, 5.74) is 0.712. The van der Waals surface area contributed by atoms with Gasteiger partial charge in [-0.15, -0.1) is 0 Å². The molecule has 2 unspecified atom stereocenters. The van der Waals surface area contributed by atoms with E-state index < -0.39 is 12.0 Å². The van der Waals surface area contributed by atoms with Gasteiger partial charge in [0.2, 0.25) is 5.91 Å². The van der Waals surface area contributed by atoms with E-state index in [1.165, 1.54) is 7.11 Å². The summed E-state index contributed by atoms with van der Waals surface area (Å²) in [6, 6.07) is 8.31. The van der Waals surface area contributed by atoms with Crippen molar-refractivity contribution in [2.75, 3.05) is 20.3 Å². The second-order valence-corrected chi connectivity index (χ2v) is 4.79. The van der Waals surface area contributed by atoms with Crippen molar-refractivity contribution in [3.63, 3.8) is 0 Å². The molecule has 1 aromatic carbocycles. The molecule has 1 aliphatic rings. The first-order valence-electron chi connectivity index (χ1n) is 6.73. The predicted octanol–water partition coefficient (Wildman–Crippen LogP) is 1.44. The van der Waals surface area contributed by atoms with Gasteiger partial charge in [0.1, 0.15) is 0 Å². The second-order valence-electron chi connectivity index (χ2n) is 4.79. The fraction of sp³-hybridized carbons (Fsp3) is 0.467. The molecule has 0 bridgehead atoms. The molecule has 0 saturated carbocycles. The lowest BCUT2D eigenvalue weighted by Crippen LogP contribution is -2.40. The number of amides is 1. The Kier molecular flexibility index (Phi) is 5.12. The van der Waals surface area contributed by atoms with Crippen LogP contribution < -0.4 is 5.32 Å². The summed E-state index contributed by atoms with van der Waals surface area (Å²) in [5.74, 6) is -0.829. The maximum Gasteiger partial charge on any atom is 0.333 e. The molecule has 1 N–H and O–H groups in total. The van der Waals surface area contributed by atoms with E-state index in [0.29, 0.717) is 18.8 Å². The fourth-order valence-corrected chi connectivity index (χ4v) is 2.25. The van der Waals surface area contributed by atoms with Gasteiger partial charge in [-0.2, -0.15) is 0 Å². The average molecular weight is 277 g/mol. The van der Waals surface area contributed by atoms with Gasteiger partial charge in [0, 0.05) is 6.61 Å². The van der Waals surface area contributed by atoms with E-state index in [1.54, 1.807) is 12.1 Å².